The summed E-state index contributed by atoms with van der Waals surface area (Å²) in [5.41, 5.74) is -0.0410. The van der Waals surface area contributed by atoms with Gasteiger partial charge in [-0.15, -0.1) is 0 Å². The van der Waals surface area contributed by atoms with E-state index in [-0.39, 0.29) is 22.9 Å². The molecule has 228 valence electrons. The van der Waals surface area contributed by atoms with Gasteiger partial charge in [0.15, 0.2) is 5.11 Å². The maximum absolute atomic E-state index is 5.82. The van der Waals surface area contributed by atoms with Gasteiger partial charge in [-0.3, -0.25) is 4.74 Å². The lowest BCUT2D eigenvalue weighted by Gasteiger charge is -2.35. The molecule has 0 unspecified atom stereocenters. The lowest BCUT2D eigenvalue weighted by atomic mass is 9.86. The van der Waals surface area contributed by atoms with E-state index in [4.69, 9.17) is 31.2 Å². The van der Waals surface area contributed by atoms with E-state index in [2.05, 4.69) is 95.5 Å². The molecule has 0 bridgehead atoms. The van der Waals surface area contributed by atoms with Crippen LogP contribution in [0.3, 0.4) is 0 Å². The highest BCUT2D eigenvalue weighted by Gasteiger charge is 2.31. The van der Waals surface area contributed by atoms with E-state index in [9.17, 15) is 0 Å². The van der Waals surface area contributed by atoms with Gasteiger partial charge in [0, 0.05) is 22.0 Å². The Morgan fingerprint density at radius 1 is 0.667 bits per heavy atom. The third kappa shape index (κ3) is 8.08. The Balaban J connectivity index is 2.23. The van der Waals surface area contributed by atoms with E-state index in [1.807, 2.05) is 36.4 Å². The van der Waals surface area contributed by atoms with Gasteiger partial charge in [-0.1, -0.05) is 41.5 Å². The topological polar surface area (TPSA) is 64.1 Å². The molecule has 2 atom stereocenters. The zero-order valence-corrected chi connectivity index (χ0v) is 28.5. The number of thiocarbonyl (C=S) groups is 1. The maximum atomic E-state index is 5.82. The molecule has 0 aliphatic heterocycles. The van der Waals surface area contributed by atoms with E-state index in [0.29, 0.717) is 11.7 Å². The SMILES string of the molecule is COc1ccc(P(=NC[C@@H](NC(=S)N[C@@H](C)C(C)(C)C)C(C)(C)C)(c2ccc(OC)cc2)c2ccc(OC)cc2)cc1. The Morgan fingerprint density at radius 2 is 1.02 bits per heavy atom. The largest absolute Gasteiger partial charge is 0.497 e. The van der Waals surface area contributed by atoms with Gasteiger partial charge in [0.1, 0.15) is 17.2 Å². The van der Waals surface area contributed by atoms with Crippen LogP contribution in [0.5, 0.6) is 17.2 Å². The van der Waals surface area contributed by atoms with Crippen molar-refractivity contribution in [3.63, 3.8) is 0 Å². The first-order chi connectivity index (χ1) is 19.7. The van der Waals surface area contributed by atoms with Crippen molar-refractivity contribution in [3.05, 3.63) is 72.8 Å². The van der Waals surface area contributed by atoms with Gasteiger partial charge in [0.25, 0.3) is 0 Å². The molecule has 8 heteroatoms. The van der Waals surface area contributed by atoms with Gasteiger partial charge in [-0.25, -0.2) is 0 Å². The van der Waals surface area contributed by atoms with Crippen molar-refractivity contribution in [2.24, 2.45) is 15.6 Å². The summed E-state index contributed by atoms with van der Waals surface area (Å²) in [6, 6.07) is 25.1. The number of ether oxygens (including phenoxy) is 3. The molecule has 0 aromatic heterocycles. The molecule has 0 aliphatic rings. The molecule has 0 saturated carbocycles. The fourth-order valence-corrected chi connectivity index (χ4v) is 8.29. The summed E-state index contributed by atoms with van der Waals surface area (Å²) >= 11 is 5.82. The highest BCUT2D eigenvalue weighted by atomic mass is 32.1. The van der Waals surface area contributed by atoms with E-state index in [1.54, 1.807) is 21.3 Å². The Kier molecular flexibility index (Phi) is 11.1. The first kappa shape index (κ1) is 33.5. The van der Waals surface area contributed by atoms with Crippen molar-refractivity contribution < 1.29 is 14.2 Å². The molecule has 0 amide bonds. The van der Waals surface area contributed by atoms with Crippen molar-refractivity contribution in [3.8, 4) is 17.2 Å². The molecule has 0 spiro atoms. The number of nitrogens with zero attached hydrogens (tertiary/aromatic N) is 1. The summed E-state index contributed by atoms with van der Waals surface area (Å²) < 4.78 is 22.3. The molecule has 0 aliphatic carbocycles. The van der Waals surface area contributed by atoms with Crippen LogP contribution in [0.1, 0.15) is 48.5 Å². The van der Waals surface area contributed by atoms with Crippen LogP contribution in [-0.4, -0.2) is 45.1 Å². The summed E-state index contributed by atoms with van der Waals surface area (Å²) in [6.07, 6.45) is 0. The summed E-state index contributed by atoms with van der Waals surface area (Å²) in [6.45, 7) is 16.0. The molecule has 6 nitrogen and oxygen atoms in total. The first-order valence-corrected chi connectivity index (χ1v) is 16.5. The van der Waals surface area contributed by atoms with Crippen LogP contribution in [0, 0.1) is 10.8 Å². The zero-order valence-electron chi connectivity index (χ0n) is 26.8. The van der Waals surface area contributed by atoms with Crippen LogP contribution in [-0.2, 0) is 0 Å². The van der Waals surface area contributed by atoms with E-state index < -0.39 is 7.05 Å². The van der Waals surface area contributed by atoms with Crippen molar-refractivity contribution in [1.82, 2.24) is 10.6 Å². The Morgan fingerprint density at radius 3 is 1.31 bits per heavy atom. The van der Waals surface area contributed by atoms with Gasteiger partial charge >= 0.3 is 0 Å². The molecule has 42 heavy (non-hydrogen) atoms. The smallest absolute Gasteiger partial charge is 0.166 e. The van der Waals surface area contributed by atoms with Crippen molar-refractivity contribution >= 4 is 40.3 Å². The van der Waals surface area contributed by atoms with Crippen molar-refractivity contribution in [1.29, 1.82) is 0 Å². The second kappa shape index (κ2) is 14.0. The number of benzene rings is 3. The molecule has 0 radical (unpaired) electrons. The van der Waals surface area contributed by atoms with E-state index in [1.165, 1.54) is 0 Å². The normalized spacial score (nSPS) is 13.5. The Labute approximate surface area is 258 Å². The van der Waals surface area contributed by atoms with E-state index >= 15 is 0 Å². The van der Waals surface area contributed by atoms with E-state index in [0.717, 1.165) is 33.2 Å². The Hall–Kier alpha value is -3.02. The minimum Gasteiger partial charge on any atom is -0.497 e. The second-order valence-corrected chi connectivity index (χ2v) is 16.2. The van der Waals surface area contributed by atoms with Crippen molar-refractivity contribution in [2.75, 3.05) is 27.9 Å². The second-order valence-electron chi connectivity index (χ2n) is 12.7. The van der Waals surface area contributed by atoms with Crippen LogP contribution in [0.15, 0.2) is 77.5 Å². The fraction of sp³-hybridized carbons (Fsp3) is 0.441. The fourth-order valence-electron chi connectivity index (χ4n) is 4.44. The van der Waals surface area contributed by atoms with Crippen LogP contribution in [0.25, 0.3) is 0 Å². The number of hydrogen-bond acceptors (Lipinski definition) is 5. The number of rotatable bonds is 10. The molecule has 0 saturated heterocycles. The summed E-state index contributed by atoms with van der Waals surface area (Å²) in [5.74, 6) is 2.42. The monoisotopic (exact) mass is 609 g/mol. The predicted molar refractivity (Wildman–Crippen MR) is 183 cm³/mol. The summed E-state index contributed by atoms with van der Waals surface area (Å²) in [5, 5.41) is 11.2. The van der Waals surface area contributed by atoms with Crippen molar-refractivity contribution in [2.45, 2.75) is 60.5 Å². The number of methoxy groups -OCH3 is 3. The van der Waals surface area contributed by atoms with Crippen LogP contribution in [0.4, 0.5) is 0 Å². The maximum Gasteiger partial charge on any atom is 0.166 e. The molecule has 0 fully saturated rings. The lowest BCUT2D eigenvalue weighted by Crippen LogP contribution is -2.53. The lowest BCUT2D eigenvalue weighted by molar-refractivity contribution is 0.291. The quantitative estimate of drug-likeness (QED) is 0.202. The number of nitrogens with one attached hydrogen (secondary N) is 2. The minimum absolute atomic E-state index is 0.0150. The van der Waals surface area contributed by atoms with Gasteiger partial charge in [0.05, 0.1) is 41.0 Å². The molecule has 3 aromatic carbocycles. The predicted octanol–water partition coefficient (Wildman–Crippen LogP) is 6.50. The molecular weight excluding hydrogens is 561 g/mol. The average molecular weight is 610 g/mol. The molecule has 3 aromatic rings. The molecule has 2 N–H and O–H groups in total. The van der Waals surface area contributed by atoms with Gasteiger partial charge in [-0.05, 0) is 103 Å². The van der Waals surface area contributed by atoms with Crippen LogP contribution >= 0.6 is 19.3 Å². The number of hydrogen-bond donors (Lipinski definition) is 2. The van der Waals surface area contributed by atoms with Gasteiger partial charge in [0.2, 0.25) is 0 Å². The molecular formula is C34H48N3O3PS. The van der Waals surface area contributed by atoms with Gasteiger partial charge < -0.3 is 24.8 Å². The first-order valence-electron chi connectivity index (χ1n) is 14.3. The zero-order chi connectivity index (χ0) is 31.1. The minimum atomic E-state index is -2.51. The third-order valence-corrected chi connectivity index (χ3v) is 11.8. The summed E-state index contributed by atoms with van der Waals surface area (Å²) in [4.78, 5) is 0. The molecule has 3 rings (SSSR count). The van der Waals surface area contributed by atoms with Crippen LogP contribution in [0.2, 0.25) is 0 Å². The van der Waals surface area contributed by atoms with Crippen LogP contribution < -0.4 is 40.8 Å². The highest BCUT2D eigenvalue weighted by Crippen LogP contribution is 2.47. The molecule has 0 heterocycles. The van der Waals surface area contributed by atoms with Gasteiger partial charge in [-0.2, -0.15) is 0 Å². The third-order valence-electron chi connectivity index (χ3n) is 7.81. The highest BCUT2D eigenvalue weighted by molar-refractivity contribution is 7.87. The summed E-state index contributed by atoms with van der Waals surface area (Å²) in [7, 11) is 2.55. The standard InChI is InChI=1S/C34H48N3O3PS/c1-24(33(2,3)4)36-32(42)37-31(34(5,6)7)23-35-41(28-17-11-25(38-8)12-18-28,29-19-13-26(39-9)14-20-29)30-21-15-27(40-10)16-22-30/h11-22,24,31H,23H2,1-10H3,(H2,36,37,42)/t24-,31+/m0/s1. The Bertz CT molecular complexity index is 1240. The average Bonchev–Trinajstić information content (AvgIpc) is 2.96.